The standard InChI is InChI=1S/C37H78NO3/c1-6-8-10-12-14-16-18-20-22-24-26-28-32-39-35-37(36-40-33-30-31-38(3,4)5)41-34-29-27-25-23-21-19-17-15-13-11-9-7-2/h37H,6-36H2,1-5H3/q+1/t37-/m1/s1. The molecule has 0 spiro atoms. The van der Waals surface area contributed by atoms with Crippen molar-refractivity contribution in [3.63, 3.8) is 0 Å². The Balaban J connectivity index is 3.84. The predicted molar refractivity (Wildman–Crippen MR) is 181 cm³/mol. The third kappa shape index (κ3) is 35.9. The summed E-state index contributed by atoms with van der Waals surface area (Å²) in [5, 5.41) is 0. The molecular weight excluding hydrogens is 506 g/mol. The van der Waals surface area contributed by atoms with Gasteiger partial charge in [-0.15, -0.1) is 0 Å². The Morgan fingerprint density at radius 1 is 0.390 bits per heavy atom. The molecule has 0 rings (SSSR count). The summed E-state index contributed by atoms with van der Waals surface area (Å²) in [5.41, 5.74) is 0. The van der Waals surface area contributed by atoms with Gasteiger partial charge in [0.05, 0.1) is 47.5 Å². The maximum absolute atomic E-state index is 6.24. The minimum Gasteiger partial charge on any atom is -0.379 e. The minimum absolute atomic E-state index is 0.0733. The SMILES string of the molecule is CCCCCCCCCCCCCCOC[C@H](COCCC[N+](C)(C)C)OCCCCCCCCCCCCCC. The highest BCUT2D eigenvalue weighted by Gasteiger charge is 2.11. The number of rotatable bonds is 35. The van der Waals surface area contributed by atoms with Gasteiger partial charge in [0.25, 0.3) is 0 Å². The zero-order valence-corrected chi connectivity index (χ0v) is 29.2. The van der Waals surface area contributed by atoms with E-state index in [9.17, 15) is 0 Å². The van der Waals surface area contributed by atoms with Crippen molar-refractivity contribution in [1.29, 1.82) is 0 Å². The summed E-state index contributed by atoms with van der Waals surface area (Å²) in [5.74, 6) is 0. The van der Waals surface area contributed by atoms with E-state index in [4.69, 9.17) is 14.2 Å². The molecule has 0 saturated carbocycles. The van der Waals surface area contributed by atoms with E-state index < -0.39 is 0 Å². The normalized spacial score (nSPS) is 12.8. The second kappa shape index (κ2) is 32.7. The number of nitrogens with zero attached hydrogens (tertiary/aromatic N) is 1. The molecule has 248 valence electrons. The highest BCUT2D eigenvalue weighted by atomic mass is 16.6. The molecule has 0 bridgehead atoms. The van der Waals surface area contributed by atoms with Crippen LogP contribution in [0.25, 0.3) is 0 Å². The molecule has 1 atom stereocenters. The summed E-state index contributed by atoms with van der Waals surface area (Å²) in [6.07, 6.45) is 34.2. The van der Waals surface area contributed by atoms with Crippen LogP contribution in [0, 0.1) is 0 Å². The predicted octanol–water partition coefficient (Wildman–Crippen LogP) is 10.9. The highest BCUT2D eigenvalue weighted by Crippen LogP contribution is 2.13. The van der Waals surface area contributed by atoms with Crippen molar-refractivity contribution < 1.29 is 18.7 Å². The van der Waals surface area contributed by atoms with Gasteiger partial charge >= 0.3 is 0 Å². The van der Waals surface area contributed by atoms with Crippen molar-refractivity contribution >= 4 is 0 Å². The van der Waals surface area contributed by atoms with Crippen LogP contribution in [0.15, 0.2) is 0 Å². The topological polar surface area (TPSA) is 27.7 Å². The van der Waals surface area contributed by atoms with Gasteiger partial charge in [0, 0.05) is 19.6 Å². The molecule has 4 nitrogen and oxygen atoms in total. The van der Waals surface area contributed by atoms with Crippen LogP contribution in [0.1, 0.15) is 174 Å². The van der Waals surface area contributed by atoms with Gasteiger partial charge in [-0.3, -0.25) is 0 Å². The first kappa shape index (κ1) is 40.8. The van der Waals surface area contributed by atoms with Gasteiger partial charge < -0.3 is 18.7 Å². The van der Waals surface area contributed by atoms with Crippen LogP contribution in [-0.2, 0) is 14.2 Å². The molecule has 0 saturated heterocycles. The molecule has 0 aliphatic rings. The van der Waals surface area contributed by atoms with Gasteiger partial charge in [0.2, 0.25) is 0 Å². The maximum Gasteiger partial charge on any atom is 0.104 e. The van der Waals surface area contributed by atoms with Crippen LogP contribution >= 0.6 is 0 Å². The number of unbranched alkanes of at least 4 members (excludes halogenated alkanes) is 22. The first-order valence-electron chi connectivity index (χ1n) is 18.6. The second-order valence-corrected chi connectivity index (χ2v) is 13.8. The molecule has 4 heteroatoms. The third-order valence-corrected chi connectivity index (χ3v) is 8.22. The van der Waals surface area contributed by atoms with E-state index in [-0.39, 0.29) is 6.10 Å². The molecule has 0 aliphatic heterocycles. The average Bonchev–Trinajstić information content (AvgIpc) is 2.94. The van der Waals surface area contributed by atoms with Gasteiger partial charge in [-0.1, -0.05) is 155 Å². The Labute approximate surface area is 259 Å². The van der Waals surface area contributed by atoms with Gasteiger partial charge in [0.1, 0.15) is 6.10 Å². The zero-order chi connectivity index (χ0) is 30.1. The van der Waals surface area contributed by atoms with E-state index in [0.717, 1.165) is 43.7 Å². The van der Waals surface area contributed by atoms with E-state index in [1.54, 1.807) is 0 Å². The van der Waals surface area contributed by atoms with Gasteiger partial charge in [0.15, 0.2) is 0 Å². The van der Waals surface area contributed by atoms with Crippen molar-refractivity contribution in [3.05, 3.63) is 0 Å². The zero-order valence-electron chi connectivity index (χ0n) is 29.2. The quantitative estimate of drug-likeness (QED) is 0.0548. The summed E-state index contributed by atoms with van der Waals surface area (Å²) in [6.45, 7) is 9.57. The van der Waals surface area contributed by atoms with Crippen LogP contribution in [0.2, 0.25) is 0 Å². The average molecular weight is 585 g/mol. The van der Waals surface area contributed by atoms with Crippen LogP contribution in [0.4, 0.5) is 0 Å². The minimum atomic E-state index is 0.0733. The fourth-order valence-electron chi connectivity index (χ4n) is 5.45. The summed E-state index contributed by atoms with van der Waals surface area (Å²) in [4.78, 5) is 0. The fourth-order valence-corrected chi connectivity index (χ4v) is 5.45. The van der Waals surface area contributed by atoms with Gasteiger partial charge in [-0.2, -0.15) is 0 Å². The lowest BCUT2D eigenvalue weighted by atomic mass is 10.1. The lowest BCUT2D eigenvalue weighted by Gasteiger charge is -2.24. The van der Waals surface area contributed by atoms with Crippen LogP contribution < -0.4 is 0 Å². The smallest absolute Gasteiger partial charge is 0.104 e. The first-order chi connectivity index (χ1) is 20.0. The van der Waals surface area contributed by atoms with Crippen LogP contribution in [-0.4, -0.2) is 71.3 Å². The molecule has 0 aromatic rings. The Bertz CT molecular complexity index is 479. The Morgan fingerprint density at radius 2 is 0.707 bits per heavy atom. The first-order valence-corrected chi connectivity index (χ1v) is 18.6. The molecule has 41 heavy (non-hydrogen) atoms. The molecule has 0 unspecified atom stereocenters. The molecule has 0 aromatic carbocycles. The Morgan fingerprint density at radius 3 is 1.07 bits per heavy atom. The maximum atomic E-state index is 6.24. The summed E-state index contributed by atoms with van der Waals surface area (Å²) >= 11 is 0. The van der Waals surface area contributed by atoms with Crippen molar-refractivity contribution in [2.24, 2.45) is 0 Å². The number of ether oxygens (including phenoxy) is 3. The van der Waals surface area contributed by atoms with Crippen LogP contribution in [0.5, 0.6) is 0 Å². The Hall–Kier alpha value is -0.160. The van der Waals surface area contributed by atoms with E-state index >= 15 is 0 Å². The number of quaternary nitrogens is 1. The van der Waals surface area contributed by atoms with Crippen molar-refractivity contribution in [3.8, 4) is 0 Å². The third-order valence-electron chi connectivity index (χ3n) is 8.22. The van der Waals surface area contributed by atoms with E-state index in [0.29, 0.717) is 13.2 Å². The molecule has 0 aromatic heterocycles. The lowest BCUT2D eigenvalue weighted by molar-refractivity contribution is -0.870. The molecule has 0 N–H and O–H groups in total. The lowest BCUT2D eigenvalue weighted by Crippen LogP contribution is -2.36. The van der Waals surface area contributed by atoms with E-state index in [1.807, 2.05) is 0 Å². The van der Waals surface area contributed by atoms with E-state index in [2.05, 4.69) is 35.0 Å². The molecule has 0 fully saturated rings. The molecule has 0 amide bonds. The fraction of sp³-hybridized carbons (Fsp3) is 1.00. The molecule has 0 aliphatic carbocycles. The number of hydrogen-bond donors (Lipinski definition) is 0. The molecule has 0 radical (unpaired) electrons. The second-order valence-electron chi connectivity index (χ2n) is 13.8. The summed E-state index contributed by atoms with van der Waals surface area (Å²) in [7, 11) is 6.72. The van der Waals surface area contributed by atoms with Crippen molar-refractivity contribution in [2.45, 2.75) is 180 Å². The largest absolute Gasteiger partial charge is 0.379 e. The monoisotopic (exact) mass is 585 g/mol. The van der Waals surface area contributed by atoms with Crippen molar-refractivity contribution in [1.82, 2.24) is 0 Å². The Kier molecular flexibility index (Phi) is 32.6. The van der Waals surface area contributed by atoms with Gasteiger partial charge in [-0.25, -0.2) is 0 Å². The van der Waals surface area contributed by atoms with Gasteiger partial charge in [-0.05, 0) is 12.8 Å². The van der Waals surface area contributed by atoms with Crippen LogP contribution in [0.3, 0.4) is 0 Å². The molecular formula is C37H78NO3+. The number of hydrogen-bond acceptors (Lipinski definition) is 3. The van der Waals surface area contributed by atoms with Crippen molar-refractivity contribution in [2.75, 3.05) is 60.7 Å². The van der Waals surface area contributed by atoms with E-state index in [1.165, 1.54) is 148 Å². The molecule has 0 heterocycles. The summed E-state index contributed by atoms with van der Waals surface area (Å²) in [6, 6.07) is 0. The summed E-state index contributed by atoms with van der Waals surface area (Å²) < 4.78 is 19.3. The highest BCUT2D eigenvalue weighted by molar-refractivity contribution is 4.57.